The van der Waals surface area contributed by atoms with E-state index in [1.54, 1.807) is 42.5 Å². The molecule has 0 saturated carbocycles. The quantitative estimate of drug-likeness (QED) is 0.780. The van der Waals surface area contributed by atoms with Gasteiger partial charge in [-0.3, -0.25) is 0 Å². The van der Waals surface area contributed by atoms with Crippen LogP contribution in [0.4, 0.5) is 14.7 Å². The van der Waals surface area contributed by atoms with E-state index in [2.05, 4.69) is 15.4 Å². The number of fused-ring (bicyclic) bond motifs is 1. The molecule has 0 bridgehead atoms. The van der Waals surface area contributed by atoms with Crippen molar-refractivity contribution in [2.24, 2.45) is 0 Å². The number of anilines is 1. The normalized spacial score (nSPS) is 19.4. The Hall–Kier alpha value is -3.02. The van der Waals surface area contributed by atoms with Crippen molar-refractivity contribution < 1.29 is 8.78 Å². The fraction of sp³-hybridized carbons (Fsp3) is 0.111. The molecular formula is C18H14F2N4. The second-order valence-electron chi connectivity index (χ2n) is 5.81. The van der Waals surface area contributed by atoms with Crippen LogP contribution in [0.1, 0.15) is 18.1 Å². The molecule has 1 aliphatic rings. The number of benzene rings is 2. The smallest absolute Gasteiger partial charge is 0.226 e. The van der Waals surface area contributed by atoms with Gasteiger partial charge in [0, 0.05) is 11.1 Å². The van der Waals surface area contributed by atoms with Crippen LogP contribution in [-0.4, -0.2) is 14.8 Å². The number of hydrogen-bond acceptors (Lipinski definition) is 3. The van der Waals surface area contributed by atoms with Crippen LogP contribution in [0.3, 0.4) is 0 Å². The van der Waals surface area contributed by atoms with E-state index < -0.39 is 5.54 Å². The van der Waals surface area contributed by atoms with Gasteiger partial charge in [0.25, 0.3) is 0 Å². The van der Waals surface area contributed by atoms with E-state index in [9.17, 15) is 8.78 Å². The summed E-state index contributed by atoms with van der Waals surface area (Å²) in [5.41, 5.74) is 0.470. The van der Waals surface area contributed by atoms with Gasteiger partial charge in [0.2, 0.25) is 5.95 Å². The molecular weight excluding hydrogens is 310 g/mol. The van der Waals surface area contributed by atoms with Gasteiger partial charge in [0.1, 0.15) is 18.0 Å². The highest BCUT2D eigenvalue weighted by molar-refractivity contribution is 5.73. The number of aromatic nitrogens is 3. The van der Waals surface area contributed by atoms with Crippen LogP contribution >= 0.6 is 0 Å². The van der Waals surface area contributed by atoms with Crippen molar-refractivity contribution >= 4 is 11.6 Å². The van der Waals surface area contributed by atoms with Crippen molar-refractivity contribution in [3.63, 3.8) is 0 Å². The van der Waals surface area contributed by atoms with E-state index in [4.69, 9.17) is 0 Å². The number of rotatable bonds is 2. The summed E-state index contributed by atoms with van der Waals surface area (Å²) in [6, 6.07) is 12.9. The molecule has 2 heterocycles. The van der Waals surface area contributed by atoms with Gasteiger partial charge in [0.05, 0.1) is 11.2 Å². The topological polar surface area (TPSA) is 42.7 Å². The molecule has 4 nitrogen and oxygen atoms in total. The third-order valence-corrected chi connectivity index (χ3v) is 4.16. The first-order chi connectivity index (χ1) is 11.6. The molecule has 2 aromatic carbocycles. The Kier molecular flexibility index (Phi) is 3.19. The molecule has 0 saturated heterocycles. The van der Waals surface area contributed by atoms with Crippen LogP contribution in [0.5, 0.6) is 0 Å². The van der Waals surface area contributed by atoms with Crippen LogP contribution in [0.15, 0.2) is 60.9 Å². The van der Waals surface area contributed by atoms with Crippen molar-refractivity contribution in [2.75, 3.05) is 5.32 Å². The Balaban J connectivity index is 1.95. The lowest BCUT2D eigenvalue weighted by molar-refractivity contribution is 0.555. The van der Waals surface area contributed by atoms with Crippen molar-refractivity contribution in [3.05, 3.63) is 83.7 Å². The van der Waals surface area contributed by atoms with Gasteiger partial charge in [-0.15, -0.1) is 0 Å². The molecule has 120 valence electrons. The van der Waals surface area contributed by atoms with Crippen LogP contribution in [-0.2, 0) is 5.54 Å². The minimum atomic E-state index is -0.883. The van der Waals surface area contributed by atoms with Crippen LogP contribution in [0.25, 0.3) is 5.70 Å². The lowest BCUT2D eigenvalue weighted by atomic mass is 9.88. The van der Waals surface area contributed by atoms with E-state index in [-0.39, 0.29) is 11.6 Å². The van der Waals surface area contributed by atoms with Crippen LogP contribution < -0.4 is 5.32 Å². The standard InChI is InChI=1S/C18H14F2N4/c1-18(13-7-3-5-9-15(13)20)10-16(12-6-2-4-8-14(12)19)24-17(23-18)21-11-22-24/h2-11H,1H3,(H,21,22,23)/t18-/m1/s1. The van der Waals surface area contributed by atoms with Gasteiger partial charge >= 0.3 is 0 Å². The predicted octanol–water partition coefficient (Wildman–Crippen LogP) is 3.79. The maximum Gasteiger partial charge on any atom is 0.226 e. The highest BCUT2D eigenvalue weighted by atomic mass is 19.1. The summed E-state index contributed by atoms with van der Waals surface area (Å²) in [6.07, 6.45) is 3.15. The third-order valence-electron chi connectivity index (χ3n) is 4.16. The lowest BCUT2D eigenvalue weighted by Gasteiger charge is -2.34. The summed E-state index contributed by atoms with van der Waals surface area (Å²) in [5, 5.41) is 7.33. The molecule has 3 aromatic rings. The van der Waals surface area contributed by atoms with Gasteiger partial charge in [-0.25, -0.2) is 8.78 Å². The van der Waals surface area contributed by atoms with E-state index in [0.29, 0.717) is 22.8 Å². The number of nitrogens with one attached hydrogen (secondary N) is 1. The van der Waals surface area contributed by atoms with Gasteiger partial charge < -0.3 is 5.32 Å². The predicted molar refractivity (Wildman–Crippen MR) is 87.2 cm³/mol. The van der Waals surface area contributed by atoms with Gasteiger partial charge in [-0.05, 0) is 31.2 Å². The zero-order valence-electron chi connectivity index (χ0n) is 12.9. The molecule has 1 aliphatic heterocycles. The first-order valence-corrected chi connectivity index (χ1v) is 7.50. The summed E-state index contributed by atoms with van der Waals surface area (Å²) in [5.74, 6) is -0.283. The van der Waals surface area contributed by atoms with E-state index in [1.165, 1.54) is 23.1 Å². The second-order valence-corrected chi connectivity index (χ2v) is 5.81. The molecule has 0 fully saturated rings. The van der Waals surface area contributed by atoms with E-state index in [1.807, 2.05) is 6.92 Å². The number of nitrogens with zero attached hydrogens (tertiary/aromatic N) is 3. The molecule has 0 amide bonds. The first-order valence-electron chi connectivity index (χ1n) is 7.50. The molecule has 1 atom stereocenters. The first kappa shape index (κ1) is 14.6. The highest BCUT2D eigenvalue weighted by Crippen LogP contribution is 2.37. The fourth-order valence-electron chi connectivity index (χ4n) is 2.99. The monoisotopic (exact) mass is 324 g/mol. The van der Waals surface area contributed by atoms with Crippen molar-refractivity contribution in [1.82, 2.24) is 14.8 Å². The second kappa shape index (κ2) is 5.26. The van der Waals surface area contributed by atoms with Crippen LogP contribution in [0.2, 0.25) is 0 Å². The zero-order valence-corrected chi connectivity index (χ0v) is 12.9. The Bertz CT molecular complexity index is 947. The average Bonchev–Trinajstić information content (AvgIpc) is 3.03. The minimum Gasteiger partial charge on any atom is -0.341 e. The average molecular weight is 324 g/mol. The molecule has 0 unspecified atom stereocenters. The molecule has 1 aromatic heterocycles. The highest BCUT2D eigenvalue weighted by Gasteiger charge is 2.34. The van der Waals surface area contributed by atoms with Crippen molar-refractivity contribution in [2.45, 2.75) is 12.5 Å². The van der Waals surface area contributed by atoms with Crippen molar-refractivity contribution in [1.29, 1.82) is 0 Å². The summed E-state index contributed by atoms with van der Waals surface area (Å²) in [7, 11) is 0. The van der Waals surface area contributed by atoms with Crippen LogP contribution in [0, 0.1) is 11.6 Å². The molecule has 0 spiro atoms. The third kappa shape index (κ3) is 2.19. The summed E-state index contributed by atoms with van der Waals surface area (Å²) in [4.78, 5) is 4.17. The molecule has 0 aliphatic carbocycles. The zero-order chi connectivity index (χ0) is 16.7. The Labute approximate surface area is 137 Å². The molecule has 4 rings (SSSR count). The Morgan fingerprint density at radius 1 is 1.00 bits per heavy atom. The Morgan fingerprint density at radius 3 is 2.46 bits per heavy atom. The number of hydrogen-bond donors (Lipinski definition) is 1. The van der Waals surface area contributed by atoms with Crippen molar-refractivity contribution in [3.8, 4) is 0 Å². The molecule has 1 N–H and O–H groups in total. The fourth-order valence-corrected chi connectivity index (χ4v) is 2.99. The SMILES string of the molecule is C[C@]1(c2ccccc2F)C=C(c2ccccc2F)n2ncnc2N1. The summed E-state index contributed by atoms with van der Waals surface area (Å²) < 4.78 is 30.2. The number of halogens is 2. The Morgan fingerprint density at radius 2 is 1.71 bits per heavy atom. The van der Waals surface area contributed by atoms with Gasteiger partial charge in [0.15, 0.2) is 0 Å². The molecule has 0 radical (unpaired) electrons. The maximum atomic E-state index is 14.3. The summed E-state index contributed by atoms with van der Waals surface area (Å²) in [6.45, 7) is 1.82. The van der Waals surface area contributed by atoms with E-state index in [0.717, 1.165) is 0 Å². The lowest BCUT2D eigenvalue weighted by Crippen LogP contribution is -2.36. The van der Waals surface area contributed by atoms with E-state index >= 15 is 0 Å². The van der Waals surface area contributed by atoms with Gasteiger partial charge in [-0.1, -0.05) is 30.3 Å². The summed E-state index contributed by atoms with van der Waals surface area (Å²) >= 11 is 0. The molecule has 24 heavy (non-hydrogen) atoms. The largest absolute Gasteiger partial charge is 0.341 e. The maximum absolute atomic E-state index is 14.3. The van der Waals surface area contributed by atoms with Gasteiger partial charge in [-0.2, -0.15) is 14.8 Å². The minimum absolute atomic E-state index is 0.343. The molecule has 6 heteroatoms.